The molecule has 246 valence electrons. The summed E-state index contributed by atoms with van der Waals surface area (Å²) in [6.45, 7) is 6.68. The lowest BCUT2D eigenvalue weighted by atomic mass is 9.68. The third-order valence-electron chi connectivity index (χ3n) is 11.3. The van der Waals surface area contributed by atoms with E-state index in [0.29, 0.717) is 84.0 Å². The van der Waals surface area contributed by atoms with E-state index in [-0.39, 0.29) is 12.1 Å². The van der Waals surface area contributed by atoms with Crippen LogP contribution in [0.2, 0.25) is 0 Å². The Labute approximate surface area is 276 Å². The van der Waals surface area contributed by atoms with E-state index in [2.05, 4.69) is 35.0 Å². The van der Waals surface area contributed by atoms with E-state index in [1.165, 1.54) is 11.3 Å². The molecule has 0 unspecified atom stereocenters. The Bertz CT molecular complexity index is 1950. The number of hydrogen-bond donors (Lipinski definition) is 2. The molecule has 4 aromatic heterocycles. The Morgan fingerprint density at radius 2 is 2.09 bits per heavy atom. The van der Waals surface area contributed by atoms with Gasteiger partial charge < -0.3 is 34.6 Å². The van der Waals surface area contributed by atoms with Crippen molar-refractivity contribution in [1.29, 1.82) is 5.26 Å². The maximum Gasteiger partial charge on any atom is 0.246 e. The fourth-order valence-corrected chi connectivity index (χ4v) is 10.1. The van der Waals surface area contributed by atoms with E-state index in [1.54, 1.807) is 0 Å². The minimum absolute atomic E-state index is 0.0320. The van der Waals surface area contributed by atoms with Crippen molar-refractivity contribution in [3.05, 3.63) is 27.3 Å². The summed E-state index contributed by atoms with van der Waals surface area (Å²) in [5.41, 5.74) is 8.27. The zero-order valence-electron chi connectivity index (χ0n) is 27.0. The molecule has 0 radical (unpaired) electrons. The predicted octanol–water partition coefficient (Wildman–Crippen LogP) is 3.92. The average Bonchev–Trinajstić information content (AvgIpc) is 3.82. The van der Waals surface area contributed by atoms with Crippen molar-refractivity contribution in [3.63, 3.8) is 0 Å². The van der Waals surface area contributed by atoms with Gasteiger partial charge in [-0.3, -0.25) is 0 Å². The predicted molar refractivity (Wildman–Crippen MR) is 174 cm³/mol. The molecule has 3 N–H and O–H groups in total. The molecule has 5 atom stereocenters. The number of aliphatic hydroxyl groups is 1. The van der Waals surface area contributed by atoms with Gasteiger partial charge in [-0.15, -0.1) is 16.4 Å². The quantitative estimate of drug-likeness (QED) is 0.327. The molecule has 0 saturated carbocycles. The topological polar surface area (TPSA) is 165 Å². The van der Waals surface area contributed by atoms with Crippen LogP contribution in [0.25, 0.3) is 22.6 Å². The van der Waals surface area contributed by atoms with Crippen LogP contribution in [0.5, 0.6) is 5.88 Å². The summed E-state index contributed by atoms with van der Waals surface area (Å²) in [7, 11) is 2.17. The molecular formula is C33H39N9O4S. The summed E-state index contributed by atoms with van der Waals surface area (Å²) >= 11 is 1.49. The number of nitrogens with zero attached hydrogens (tertiary/aromatic N) is 8. The first-order valence-corrected chi connectivity index (χ1v) is 17.5. The number of aryl methyl sites for hydroxylation is 1. The van der Waals surface area contributed by atoms with Crippen LogP contribution in [0.4, 0.5) is 10.8 Å². The van der Waals surface area contributed by atoms with Gasteiger partial charge in [0.25, 0.3) is 0 Å². The van der Waals surface area contributed by atoms with Crippen LogP contribution < -0.4 is 15.4 Å². The van der Waals surface area contributed by atoms with Gasteiger partial charge in [0.1, 0.15) is 28.9 Å². The monoisotopic (exact) mass is 657 g/mol. The molecule has 0 bridgehead atoms. The lowest BCUT2D eigenvalue weighted by Gasteiger charge is -2.42. The molecule has 2 fully saturated rings. The standard InChI is InChI=1S/C33H39N9O4S/c1-17(21-6-5-11-40(21)3)42-30-23-29(41-15-32(2,43)10-8-18(41)13-45-31(23)38-42)36-28(37-30)25-20-14-44-16-33(26(20)46-39-25)9-4-7-22-24(33)19(12-34)27(35)47-22/h17-18,21,43H,4-11,13-16,35H2,1-3H3/t17-,18+,21-,32+,33+/m0/s1. The summed E-state index contributed by atoms with van der Waals surface area (Å²) in [5.74, 6) is 2.36. The second-order valence-electron chi connectivity index (χ2n) is 14.4. The molecule has 0 aromatic carbocycles. The van der Waals surface area contributed by atoms with Crippen LogP contribution >= 0.6 is 11.3 Å². The maximum atomic E-state index is 11.2. The Kier molecular flexibility index (Phi) is 6.48. The maximum absolute atomic E-state index is 11.2. The number of hydrogen-bond acceptors (Lipinski definition) is 13. The van der Waals surface area contributed by atoms with Gasteiger partial charge in [0.2, 0.25) is 5.88 Å². The smallest absolute Gasteiger partial charge is 0.246 e. The number of nitrogen functional groups attached to an aromatic ring is 1. The molecule has 2 saturated heterocycles. The highest BCUT2D eigenvalue weighted by Gasteiger charge is 2.50. The number of thiophene rings is 1. The van der Waals surface area contributed by atoms with Gasteiger partial charge in [-0.05, 0) is 72.4 Å². The highest BCUT2D eigenvalue weighted by molar-refractivity contribution is 7.16. The van der Waals surface area contributed by atoms with E-state index in [0.717, 1.165) is 66.5 Å². The second kappa shape index (κ2) is 10.4. The van der Waals surface area contributed by atoms with Gasteiger partial charge in [0.05, 0.1) is 47.4 Å². The van der Waals surface area contributed by atoms with Crippen LogP contribution in [0.3, 0.4) is 0 Å². The Morgan fingerprint density at radius 1 is 1.21 bits per heavy atom. The Morgan fingerprint density at radius 3 is 2.89 bits per heavy atom. The van der Waals surface area contributed by atoms with Gasteiger partial charge in [-0.1, -0.05) is 5.16 Å². The van der Waals surface area contributed by atoms with Crippen molar-refractivity contribution in [2.75, 3.05) is 44.0 Å². The first-order chi connectivity index (χ1) is 22.7. The molecule has 9 rings (SSSR count). The first-order valence-electron chi connectivity index (χ1n) is 16.7. The third-order valence-corrected chi connectivity index (χ3v) is 12.4. The van der Waals surface area contributed by atoms with Crippen molar-refractivity contribution < 1.29 is 19.1 Å². The Balaban J connectivity index is 1.24. The number of nitriles is 1. The molecule has 13 nitrogen and oxygen atoms in total. The molecule has 8 heterocycles. The number of rotatable bonds is 3. The van der Waals surface area contributed by atoms with E-state index < -0.39 is 11.0 Å². The van der Waals surface area contributed by atoms with Crippen molar-refractivity contribution in [2.24, 2.45) is 0 Å². The fourth-order valence-electron chi connectivity index (χ4n) is 8.93. The highest BCUT2D eigenvalue weighted by atomic mass is 32.1. The van der Waals surface area contributed by atoms with Gasteiger partial charge >= 0.3 is 0 Å². The highest BCUT2D eigenvalue weighted by Crippen LogP contribution is 2.53. The fraction of sp³-hybridized carbons (Fsp3) is 0.606. The van der Waals surface area contributed by atoms with Crippen molar-refractivity contribution in [1.82, 2.24) is 29.8 Å². The SMILES string of the molecule is C[C@@H]([C@@H]1CCCN1C)n1nc2c3c(nc(-c4noc5c4COC[C@@]54CCCc5sc(N)c(C#N)c54)nc31)N1C[C@](C)(O)CC[C@@H]1CO2. The molecule has 5 aliphatic rings. The molecule has 47 heavy (non-hydrogen) atoms. The zero-order chi connectivity index (χ0) is 32.2. The lowest BCUT2D eigenvalue weighted by molar-refractivity contribution is 0.0321. The van der Waals surface area contributed by atoms with E-state index in [4.69, 9.17) is 34.8 Å². The molecule has 4 aliphatic heterocycles. The number of anilines is 2. The summed E-state index contributed by atoms with van der Waals surface area (Å²) in [4.78, 5) is 16.1. The summed E-state index contributed by atoms with van der Waals surface area (Å²) in [6, 6.07) is 2.74. The van der Waals surface area contributed by atoms with Gasteiger partial charge in [0.15, 0.2) is 22.9 Å². The summed E-state index contributed by atoms with van der Waals surface area (Å²) < 4.78 is 21.0. The van der Waals surface area contributed by atoms with Crippen LogP contribution in [-0.2, 0) is 23.2 Å². The molecule has 1 aliphatic carbocycles. The summed E-state index contributed by atoms with van der Waals surface area (Å²) in [6.07, 6.45) is 6.23. The van der Waals surface area contributed by atoms with Crippen LogP contribution in [0.15, 0.2) is 4.52 Å². The number of ether oxygens (including phenoxy) is 2. The van der Waals surface area contributed by atoms with Crippen molar-refractivity contribution in [3.8, 4) is 23.5 Å². The number of nitrogens with two attached hydrogens (primary N) is 1. The number of piperidine rings is 1. The van der Waals surface area contributed by atoms with E-state index in [1.807, 2.05) is 11.6 Å². The van der Waals surface area contributed by atoms with E-state index in [9.17, 15) is 10.4 Å². The number of aromatic nitrogens is 5. The summed E-state index contributed by atoms with van der Waals surface area (Å²) in [5, 5.41) is 32.3. The largest absolute Gasteiger partial charge is 0.474 e. The molecule has 1 spiro atoms. The minimum Gasteiger partial charge on any atom is -0.474 e. The minimum atomic E-state index is -0.874. The van der Waals surface area contributed by atoms with Gasteiger partial charge in [-0.25, -0.2) is 14.6 Å². The number of likely N-dealkylation sites (N-methyl/N-ethyl adjacent to an activating group) is 1. The molecule has 14 heteroatoms. The molecule has 4 aromatic rings. The Hall–Kier alpha value is -3.77. The average molecular weight is 658 g/mol. The van der Waals surface area contributed by atoms with Crippen molar-refractivity contribution in [2.45, 2.75) is 94.5 Å². The lowest BCUT2D eigenvalue weighted by Crippen LogP contribution is -2.53. The molecular weight excluding hydrogens is 618 g/mol. The first kappa shape index (κ1) is 29.4. The molecule has 0 amide bonds. The normalized spacial score (nSPS) is 29.2. The van der Waals surface area contributed by atoms with Crippen LogP contribution in [0.1, 0.15) is 85.7 Å². The van der Waals surface area contributed by atoms with Crippen LogP contribution in [0, 0.1) is 11.3 Å². The number of fused-ring (bicyclic) bond motifs is 6. The van der Waals surface area contributed by atoms with Gasteiger partial charge in [0, 0.05) is 23.0 Å². The third kappa shape index (κ3) is 4.22. The van der Waals surface area contributed by atoms with E-state index >= 15 is 0 Å². The van der Waals surface area contributed by atoms with Gasteiger partial charge in [-0.2, -0.15) is 5.26 Å². The van der Waals surface area contributed by atoms with Crippen LogP contribution in [-0.4, -0.2) is 85.9 Å². The van der Waals surface area contributed by atoms with Crippen molar-refractivity contribution >= 4 is 33.2 Å². The number of likely N-dealkylation sites (tertiary alicyclic amines) is 1. The second-order valence-corrected chi connectivity index (χ2v) is 15.5. The zero-order valence-corrected chi connectivity index (χ0v) is 27.8.